The molecule has 0 unspecified atom stereocenters. The van der Waals surface area contributed by atoms with E-state index >= 15 is 0 Å². The van der Waals surface area contributed by atoms with E-state index in [2.05, 4.69) is 10.6 Å². The van der Waals surface area contributed by atoms with Gasteiger partial charge in [-0.15, -0.1) is 12.4 Å². The fourth-order valence-electron chi connectivity index (χ4n) is 1.09. The van der Waals surface area contributed by atoms with Crippen molar-refractivity contribution in [1.82, 2.24) is 10.6 Å². The van der Waals surface area contributed by atoms with E-state index in [1.165, 1.54) is 0 Å². The van der Waals surface area contributed by atoms with Gasteiger partial charge in [-0.3, -0.25) is 9.59 Å². The summed E-state index contributed by atoms with van der Waals surface area (Å²) in [6, 6.07) is -0.216. The average molecular weight is 250 g/mol. The lowest BCUT2D eigenvalue weighted by Crippen LogP contribution is -2.47. The standard InChI is InChI=1S/C10H19N3O2.ClH/c1-6(2)9(11)10(15)12-5-8(14)13-7-3-4-7;/h6-7,9H,3-5,11H2,1-2H3,(H,12,15)(H,13,14);1H/t9-;/m1./s1. The minimum Gasteiger partial charge on any atom is -0.352 e. The first-order chi connectivity index (χ1) is 7.00. The quantitative estimate of drug-likeness (QED) is 0.630. The van der Waals surface area contributed by atoms with E-state index in [9.17, 15) is 9.59 Å². The van der Waals surface area contributed by atoms with Gasteiger partial charge in [-0.2, -0.15) is 0 Å². The van der Waals surface area contributed by atoms with Crippen molar-refractivity contribution in [2.24, 2.45) is 11.7 Å². The second-order valence-corrected chi connectivity index (χ2v) is 4.33. The molecule has 6 heteroatoms. The van der Waals surface area contributed by atoms with Gasteiger partial charge in [0, 0.05) is 6.04 Å². The topological polar surface area (TPSA) is 84.2 Å². The van der Waals surface area contributed by atoms with Crippen LogP contribution in [0.5, 0.6) is 0 Å². The lowest BCUT2D eigenvalue weighted by molar-refractivity contribution is -0.127. The first-order valence-electron chi connectivity index (χ1n) is 5.33. The molecule has 94 valence electrons. The molecule has 0 spiro atoms. The Bertz CT molecular complexity index is 254. The highest BCUT2D eigenvalue weighted by molar-refractivity contribution is 5.87. The first kappa shape index (κ1) is 15.2. The highest BCUT2D eigenvalue weighted by Crippen LogP contribution is 2.18. The van der Waals surface area contributed by atoms with Crippen LogP contribution < -0.4 is 16.4 Å². The number of nitrogens with one attached hydrogen (secondary N) is 2. The smallest absolute Gasteiger partial charge is 0.239 e. The zero-order valence-electron chi connectivity index (χ0n) is 9.66. The lowest BCUT2D eigenvalue weighted by Gasteiger charge is -2.14. The third kappa shape index (κ3) is 5.32. The van der Waals surface area contributed by atoms with Gasteiger partial charge in [-0.25, -0.2) is 0 Å². The maximum atomic E-state index is 11.4. The molecular weight excluding hydrogens is 230 g/mol. The molecule has 1 atom stereocenters. The van der Waals surface area contributed by atoms with E-state index in [1.54, 1.807) is 0 Å². The van der Waals surface area contributed by atoms with Gasteiger partial charge in [0.15, 0.2) is 0 Å². The Kier molecular flexibility index (Phi) is 6.36. The van der Waals surface area contributed by atoms with Gasteiger partial charge >= 0.3 is 0 Å². The summed E-state index contributed by atoms with van der Waals surface area (Å²) in [4.78, 5) is 22.6. The Balaban J connectivity index is 0.00000225. The van der Waals surface area contributed by atoms with E-state index < -0.39 is 6.04 Å². The fraction of sp³-hybridized carbons (Fsp3) is 0.800. The monoisotopic (exact) mass is 249 g/mol. The molecule has 1 aliphatic carbocycles. The van der Waals surface area contributed by atoms with Crippen LogP contribution in [-0.2, 0) is 9.59 Å². The molecule has 1 fully saturated rings. The maximum absolute atomic E-state index is 11.4. The van der Waals surface area contributed by atoms with Crippen LogP contribution in [-0.4, -0.2) is 30.4 Å². The molecule has 1 saturated carbocycles. The molecule has 0 aliphatic heterocycles. The number of carbonyl (C=O) groups excluding carboxylic acids is 2. The predicted molar refractivity (Wildman–Crippen MR) is 64.2 cm³/mol. The van der Waals surface area contributed by atoms with Crippen molar-refractivity contribution in [2.75, 3.05) is 6.54 Å². The highest BCUT2D eigenvalue weighted by atomic mass is 35.5. The Labute approximate surface area is 102 Å². The van der Waals surface area contributed by atoms with E-state index in [1.807, 2.05) is 13.8 Å². The summed E-state index contributed by atoms with van der Waals surface area (Å²) in [5.74, 6) is -0.325. The predicted octanol–water partition coefficient (Wildman–Crippen LogP) is -0.214. The van der Waals surface area contributed by atoms with Crippen LogP contribution in [0, 0.1) is 5.92 Å². The molecule has 0 radical (unpaired) electrons. The minimum absolute atomic E-state index is 0. The van der Waals surface area contributed by atoms with Crippen LogP contribution in [0.15, 0.2) is 0 Å². The molecule has 16 heavy (non-hydrogen) atoms. The van der Waals surface area contributed by atoms with Gasteiger partial charge in [0.2, 0.25) is 11.8 Å². The van der Waals surface area contributed by atoms with Crippen LogP contribution in [0.25, 0.3) is 0 Å². The molecular formula is C10H20ClN3O2. The molecule has 0 aromatic carbocycles. The van der Waals surface area contributed by atoms with Gasteiger partial charge in [0.25, 0.3) is 0 Å². The number of amides is 2. The second kappa shape index (κ2) is 6.70. The molecule has 0 bridgehead atoms. The second-order valence-electron chi connectivity index (χ2n) is 4.33. The van der Waals surface area contributed by atoms with E-state index in [-0.39, 0.29) is 36.7 Å². The Morgan fingerprint density at radius 3 is 2.38 bits per heavy atom. The zero-order chi connectivity index (χ0) is 11.4. The van der Waals surface area contributed by atoms with Crippen molar-refractivity contribution in [3.05, 3.63) is 0 Å². The van der Waals surface area contributed by atoms with Crippen LogP contribution in [0.1, 0.15) is 26.7 Å². The summed E-state index contributed by atoms with van der Waals surface area (Å²) < 4.78 is 0. The number of rotatable bonds is 5. The summed E-state index contributed by atoms with van der Waals surface area (Å²) in [5, 5.41) is 5.30. The lowest BCUT2D eigenvalue weighted by atomic mass is 10.1. The molecule has 0 saturated heterocycles. The maximum Gasteiger partial charge on any atom is 0.239 e. The molecule has 0 heterocycles. The van der Waals surface area contributed by atoms with Gasteiger partial charge in [-0.05, 0) is 18.8 Å². The van der Waals surface area contributed by atoms with E-state index in [4.69, 9.17) is 5.73 Å². The van der Waals surface area contributed by atoms with E-state index in [0.29, 0.717) is 6.04 Å². The zero-order valence-corrected chi connectivity index (χ0v) is 10.5. The van der Waals surface area contributed by atoms with Crippen molar-refractivity contribution >= 4 is 24.2 Å². The average Bonchev–Trinajstić information content (AvgIpc) is 2.96. The molecule has 1 rings (SSSR count). The third-order valence-electron chi connectivity index (χ3n) is 2.39. The molecule has 0 aromatic rings. The Hall–Kier alpha value is -0.810. The Morgan fingerprint density at radius 1 is 1.38 bits per heavy atom. The van der Waals surface area contributed by atoms with Crippen LogP contribution in [0.2, 0.25) is 0 Å². The summed E-state index contributed by atoms with van der Waals surface area (Å²) in [5.41, 5.74) is 5.62. The highest BCUT2D eigenvalue weighted by Gasteiger charge is 2.23. The fourth-order valence-corrected chi connectivity index (χ4v) is 1.09. The first-order valence-corrected chi connectivity index (χ1v) is 5.33. The molecule has 5 nitrogen and oxygen atoms in total. The molecule has 2 amide bonds. The summed E-state index contributed by atoms with van der Waals surface area (Å²) in [7, 11) is 0. The molecule has 0 aromatic heterocycles. The number of carbonyl (C=O) groups is 2. The van der Waals surface area contributed by atoms with Gasteiger partial charge in [0.1, 0.15) is 0 Å². The minimum atomic E-state index is -0.543. The summed E-state index contributed by atoms with van der Waals surface area (Å²) >= 11 is 0. The number of nitrogens with two attached hydrogens (primary N) is 1. The SMILES string of the molecule is CC(C)[C@@H](N)C(=O)NCC(=O)NC1CC1.Cl. The van der Waals surface area contributed by atoms with Crippen molar-refractivity contribution in [1.29, 1.82) is 0 Å². The largest absolute Gasteiger partial charge is 0.352 e. The summed E-state index contributed by atoms with van der Waals surface area (Å²) in [6.45, 7) is 3.76. The van der Waals surface area contributed by atoms with Crippen molar-refractivity contribution in [3.8, 4) is 0 Å². The normalized spacial score (nSPS) is 16.2. The number of halogens is 1. The van der Waals surface area contributed by atoms with Crippen molar-refractivity contribution in [3.63, 3.8) is 0 Å². The van der Waals surface area contributed by atoms with Crippen LogP contribution in [0.3, 0.4) is 0 Å². The van der Waals surface area contributed by atoms with Crippen molar-refractivity contribution in [2.45, 2.75) is 38.8 Å². The van der Waals surface area contributed by atoms with Crippen LogP contribution in [0.4, 0.5) is 0 Å². The number of hydrogen-bond acceptors (Lipinski definition) is 3. The van der Waals surface area contributed by atoms with E-state index in [0.717, 1.165) is 12.8 Å². The van der Waals surface area contributed by atoms with Gasteiger partial charge in [0.05, 0.1) is 12.6 Å². The molecule has 1 aliphatic rings. The number of hydrogen-bond donors (Lipinski definition) is 3. The van der Waals surface area contributed by atoms with Gasteiger partial charge < -0.3 is 16.4 Å². The molecule has 4 N–H and O–H groups in total. The summed E-state index contributed by atoms with van der Waals surface area (Å²) in [6.07, 6.45) is 2.09. The van der Waals surface area contributed by atoms with Crippen molar-refractivity contribution < 1.29 is 9.59 Å². The Morgan fingerprint density at radius 2 is 1.94 bits per heavy atom. The van der Waals surface area contributed by atoms with Crippen LogP contribution >= 0.6 is 12.4 Å². The third-order valence-corrected chi connectivity index (χ3v) is 2.39. The van der Waals surface area contributed by atoms with Gasteiger partial charge in [-0.1, -0.05) is 13.8 Å².